The summed E-state index contributed by atoms with van der Waals surface area (Å²) < 4.78 is 0. The zero-order chi connectivity index (χ0) is 5.98. The van der Waals surface area contributed by atoms with Gasteiger partial charge in [-0.1, -0.05) is 18.3 Å². The maximum atomic E-state index is 4.93. The zero-order valence-corrected chi connectivity index (χ0v) is 6.18. The molecule has 0 saturated carbocycles. The van der Waals surface area contributed by atoms with Gasteiger partial charge >= 0.3 is 0 Å². The molecule has 0 bridgehead atoms. The topological polar surface area (TPSA) is 0 Å². The molecule has 0 amide bonds. The highest BCUT2D eigenvalue weighted by Crippen LogP contribution is 2.08. The lowest BCUT2D eigenvalue weighted by Gasteiger charge is -1.83. The molecule has 0 aliphatic carbocycles. The van der Waals surface area contributed by atoms with E-state index in [4.69, 9.17) is 12.2 Å². The number of hydrogen-bond donors (Lipinski definition) is 0. The third-order valence-corrected chi connectivity index (χ3v) is 2.21. The van der Waals surface area contributed by atoms with E-state index in [1.165, 1.54) is 4.88 Å². The van der Waals surface area contributed by atoms with Crippen LogP contribution in [0.5, 0.6) is 0 Å². The maximum Gasteiger partial charge on any atom is 0.0406 e. The molecule has 0 spiro atoms. The van der Waals surface area contributed by atoms with Crippen LogP contribution in [0.4, 0.5) is 0 Å². The van der Waals surface area contributed by atoms with Crippen LogP contribution in [0.15, 0.2) is 17.5 Å². The van der Waals surface area contributed by atoms with Crippen molar-refractivity contribution >= 4 is 28.4 Å². The van der Waals surface area contributed by atoms with Gasteiger partial charge in [0.2, 0.25) is 0 Å². The number of thiophene rings is 1. The molecule has 2 heteroatoms. The fourth-order valence-electron chi connectivity index (χ4n) is 0.479. The normalized spacial score (nSPS) is 9.12. The highest BCUT2D eigenvalue weighted by Gasteiger charge is 1.91. The minimum atomic E-state index is 0.986. The summed E-state index contributed by atoms with van der Waals surface area (Å²) in [6, 6.07) is 4.04. The maximum absolute atomic E-state index is 4.93. The van der Waals surface area contributed by atoms with E-state index < -0.39 is 0 Å². The van der Waals surface area contributed by atoms with Crippen molar-refractivity contribution in [2.75, 3.05) is 0 Å². The van der Waals surface area contributed by atoms with Gasteiger partial charge in [-0.15, -0.1) is 11.3 Å². The molecule has 0 aliphatic heterocycles. The fraction of sp³-hybridized carbons (Fsp3) is 0.167. The fourth-order valence-corrected chi connectivity index (χ4v) is 1.32. The van der Waals surface area contributed by atoms with Crippen molar-refractivity contribution in [3.05, 3.63) is 22.4 Å². The summed E-state index contributed by atoms with van der Waals surface area (Å²) in [4.78, 5) is 2.19. The van der Waals surface area contributed by atoms with E-state index in [0.29, 0.717) is 0 Å². The van der Waals surface area contributed by atoms with E-state index >= 15 is 0 Å². The molecule has 0 unspecified atom stereocenters. The van der Waals surface area contributed by atoms with E-state index in [0.717, 1.165) is 4.86 Å². The molecule has 0 saturated heterocycles. The summed E-state index contributed by atoms with van der Waals surface area (Å²) in [5.74, 6) is 0. The van der Waals surface area contributed by atoms with Crippen LogP contribution < -0.4 is 0 Å². The Balaban J connectivity index is 2.93. The predicted octanol–water partition coefficient (Wildman–Crippen LogP) is 2.49. The highest BCUT2D eigenvalue weighted by atomic mass is 32.1. The van der Waals surface area contributed by atoms with Crippen molar-refractivity contribution in [2.45, 2.75) is 6.92 Å². The quantitative estimate of drug-likeness (QED) is 0.429. The molecular formula is C6H6S2. The first kappa shape index (κ1) is 5.92. The second-order valence-corrected chi connectivity index (χ2v) is 3.09. The summed E-state index contributed by atoms with van der Waals surface area (Å²) >= 11 is 6.62. The lowest BCUT2D eigenvalue weighted by molar-refractivity contribution is 1.89. The molecular weight excluding hydrogens is 136 g/mol. The molecule has 1 aromatic heterocycles. The molecule has 1 rings (SSSR count). The Kier molecular flexibility index (Phi) is 1.76. The Bertz CT molecular complexity index is 174. The highest BCUT2D eigenvalue weighted by molar-refractivity contribution is 7.81. The van der Waals surface area contributed by atoms with E-state index in [2.05, 4.69) is 0 Å². The molecule has 0 N–H and O–H groups in total. The van der Waals surface area contributed by atoms with Crippen LogP contribution in [0, 0.1) is 0 Å². The second kappa shape index (κ2) is 2.37. The predicted molar refractivity (Wildman–Crippen MR) is 41.7 cm³/mol. The van der Waals surface area contributed by atoms with Crippen LogP contribution in [0.1, 0.15) is 11.8 Å². The van der Waals surface area contributed by atoms with E-state index in [9.17, 15) is 0 Å². The largest absolute Gasteiger partial charge is 0.143 e. The molecule has 0 aliphatic rings. The molecule has 42 valence electrons. The van der Waals surface area contributed by atoms with E-state index in [1.54, 1.807) is 11.3 Å². The van der Waals surface area contributed by atoms with Crippen LogP contribution in [0.3, 0.4) is 0 Å². The van der Waals surface area contributed by atoms with Crippen LogP contribution in [-0.4, -0.2) is 4.86 Å². The smallest absolute Gasteiger partial charge is 0.0406 e. The molecule has 0 atom stereocenters. The minimum absolute atomic E-state index is 0.986. The van der Waals surface area contributed by atoms with Gasteiger partial charge in [-0.3, -0.25) is 0 Å². The van der Waals surface area contributed by atoms with Crippen LogP contribution >= 0.6 is 23.6 Å². The Labute approximate surface area is 58.2 Å². The summed E-state index contributed by atoms with van der Waals surface area (Å²) in [6.45, 7) is 1.95. The lowest BCUT2D eigenvalue weighted by atomic mass is 10.4. The Morgan fingerprint density at radius 3 is 2.75 bits per heavy atom. The first-order chi connectivity index (χ1) is 3.80. The van der Waals surface area contributed by atoms with E-state index in [1.807, 2.05) is 24.4 Å². The van der Waals surface area contributed by atoms with Gasteiger partial charge in [0.1, 0.15) is 0 Å². The van der Waals surface area contributed by atoms with Crippen molar-refractivity contribution in [1.82, 2.24) is 0 Å². The van der Waals surface area contributed by atoms with Crippen LogP contribution in [0.2, 0.25) is 0 Å². The Morgan fingerprint density at radius 1 is 1.75 bits per heavy atom. The summed E-state index contributed by atoms with van der Waals surface area (Å²) in [6.07, 6.45) is 0. The SMILES string of the molecule is CC(=S)c1cccs1. The average Bonchev–Trinajstić information content (AvgIpc) is 2.12. The minimum Gasteiger partial charge on any atom is -0.143 e. The molecule has 0 nitrogen and oxygen atoms in total. The number of hydrogen-bond acceptors (Lipinski definition) is 2. The van der Waals surface area contributed by atoms with Gasteiger partial charge in [0.25, 0.3) is 0 Å². The van der Waals surface area contributed by atoms with Gasteiger partial charge in [0.15, 0.2) is 0 Å². The first-order valence-corrected chi connectivity index (χ1v) is 3.64. The van der Waals surface area contributed by atoms with Crippen molar-refractivity contribution in [2.24, 2.45) is 0 Å². The summed E-state index contributed by atoms with van der Waals surface area (Å²) in [5, 5.41) is 2.03. The summed E-state index contributed by atoms with van der Waals surface area (Å²) in [7, 11) is 0. The monoisotopic (exact) mass is 142 g/mol. The molecule has 1 heterocycles. The number of thiocarbonyl (C=S) groups is 1. The Hall–Kier alpha value is -0.210. The second-order valence-electron chi connectivity index (χ2n) is 1.53. The zero-order valence-electron chi connectivity index (χ0n) is 4.55. The molecule has 1 aromatic rings. The first-order valence-electron chi connectivity index (χ1n) is 2.35. The van der Waals surface area contributed by atoms with Crippen LogP contribution in [-0.2, 0) is 0 Å². The van der Waals surface area contributed by atoms with Gasteiger partial charge in [0.05, 0.1) is 0 Å². The van der Waals surface area contributed by atoms with Crippen molar-refractivity contribution < 1.29 is 0 Å². The van der Waals surface area contributed by atoms with Gasteiger partial charge < -0.3 is 0 Å². The van der Waals surface area contributed by atoms with Crippen molar-refractivity contribution in [3.8, 4) is 0 Å². The molecule has 8 heavy (non-hydrogen) atoms. The van der Waals surface area contributed by atoms with Gasteiger partial charge in [-0.2, -0.15) is 0 Å². The third kappa shape index (κ3) is 1.14. The van der Waals surface area contributed by atoms with Gasteiger partial charge in [-0.05, 0) is 18.4 Å². The van der Waals surface area contributed by atoms with Crippen molar-refractivity contribution in [1.29, 1.82) is 0 Å². The van der Waals surface area contributed by atoms with Crippen LogP contribution in [0.25, 0.3) is 0 Å². The Morgan fingerprint density at radius 2 is 2.50 bits per heavy atom. The molecule has 0 radical (unpaired) electrons. The standard InChI is InChI=1S/C6H6S2/c1-5(7)6-3-2-4-8-6/h2-4H,1H3. The lowest BCUT2D eigenvalue weighted by Crippen LogP contribution is -1.80. The average molecular weight is 142 g/mol. The van der Waals surface area contributed by atoms with Gasteiger partial charge in [-0.25, -0.2) is 0 Å². The van der Waals surface area contributed by atoms with E-state index in [-0.39, 0.29) is 0 Å². The number of rotatable bonds is 1. The van der Waals surface area contributed by atoms with Gasteiger partial charge in [0, 0.05) is 9.74 Å². The molecule has 0 aromatic carbocycles. The van der Waals surface area contributed by atoms with Crippen molar-refractivity contribution in [3.63, 3.8) is 0 Å². The summed E-state index contributed by atoms with van der Waals surface area (Å²) in [5.41, 5.74) is 0. The third-order valence-electron chi connectivity index (χ3n) is 0.868. The molecule has 0 fully saturated rings.